The maximum Gasteiger partial charge on any atom is 0.416 e. The summed E-state index contributed by atoms with van der Waals surface area (Å²) in [6.07, 6.45) is -8.42. The van der Waals surface area contributed by atoms with Gasteiger partial charge in [0.1, 0.15) is 6.61 Å². The molecule has 150 valence electrons. The highest BCUT2D eigenvalue weighted by atomic mass is 19.4. The average molecular weight is 403 g/mol. The first-order valence-corrected chi connectivity index (χ1v) is 7.97. The van der Waals surface area contributed by atoms with E-state index in [-0.39, 0.29) is 13.2 Å². The first-order valence-electron chi connectivity index (χ1n) is 7.97. The van der Waals surface area contributed by atoms with Gasteiger partial charge in [0.05, 0.1) is 11.1 Å². The number of halogens is 6. The van der Waals surface area contributed by atoms with Crippen molar-refractivity contribution >= 4 is 12.2 Å². The van der Waals surface area contributed by atoms with E-state index in [9.17, 15) is 31.1 Å². The summed E-state index contributed by atoms with van der Waals surface area (Å²) in [7, 11) is 0. The summed E-state index contributed by atoms with van der Waals surface area (Å²) in [4.78, 5) is 11.5. The van der Waals surface area contributed by atoms with E-state index in [1.54, 1.807) is 30.3 Å². The molecule has 0 saturated heterocycles. The lowest BCUT2D eigenvalue weighted by molar-refractivity contribution is -0.141. The number of ether oxygens (including phenoxy) is 1. The Morgan fingerprint density at radius 3 is 2.25 bits per heavy atom. The molecule has 0 atom stereocenters. The van der Waals surface area contributed by atoms with Gasteiger partial charge in [-0.2, -0.15) is 26.3 Å². The Labute approximate surface area is 156 Å². The van der Waals surface area contributed by atoms with E-state index < -0.39 is 35.1 Å². The largest absolute Gasteiger partial charge is 0.445 e. The SMILES string of the molecule is O=C(NCC=Cc1cc(C(F)(F)F)ccc1C(F)(F)F)OCc1ccccc1. The minimum Gasteiger partial charge on any atom is -0.445 e. The van der Waals surface area contributed by atoms with E-state index in [2.05, 4.69) is 5.32 Å². The summed E-state index contributed by atoms with van der Waals surface area (Å²) in [6.45, 7) is -0.219. The molecule has 0 unspecified atom stereocenters. The molecule has 9 heteroatoms. The number of benzene rings is 2. The number of alkyl halides is 6. The normalized spacial score (nSPS) is 12.2. The summed E-state index contributed by atoms with van der Waals surface area (Å²) in [5.41, 5.74) is -2.31. The Morgan fingerprint density at radius 1 is 0.964 bits per heavy atom. The van der Waals surface area contributed by atoms with Crippen molar-refractivity contribution < 1.29 is 35.9 Å². The number of amides is 1. The molecule has 0 spiro atoms. The highest BCUT2D eigenvalue weighted by Crippen LogP contribution is 2.36. The predicted octanol–water partition coefficient (Wildman–Crippen LogP) is 5.66. The molecule has 0 radical (unpaired) electrons. The van der Waals surface area contributed by atoms with Crippen LogP contribution in [-0.2, 0) is 23.7 Å². The fourth-order valence-corrected chi connectivity index (χ4v) is 2.24. The average Bonchev–Trinajstić information content (AvgIpc) is 2.62. The van der Waals surface area contributed by atoms with Gasteiger partial charge in [0.25, 0.3) is 0 Å². The molecule has 1 N–H and O–H groups in total. The molecule has 28 heavy (non-hydrogen) atoms. The van der Waals surface area contributed by atoms with E-state index in [4.69, 9.17) is 4.74 Å². The topological polar surface area (TPSA) is 38.3 Å². The molecule has 0 aliphatic heterocycles. The van der Waals surface area contributed by atoms with Crippen LogP contribution in [0.4, 0.5) is 31.1 Å². The second kappa shape index (κ2) is 8.81. The Kier molecular flexibility index (Phi) is 6.71. The van der Waals surface area contributed by atoms with Gasteiger partial charge in [-0.25, -0.2) is 4.79 Å². The number of nitrogens with one attached hydrogen (secondary N) is 1. The van der Waals surface area contributed by atoms with Crippen molar-refractivity contribution in [3.05, 3.63) is 76.9 Å². The molecule has 0 aliphatic carbocycles. The second-order valence-electron chi connectivity index (χ2n) is 5.64. The van der Waals surface area contributed by atoms with E-state index in [0.717, 1.165) is 17.7 Å². The van der Waals surface area contributed by atoms with E-state index in [1.165, 1.54) is 0 Å². The highest BCUT2D eigenvalue weighted by Gasteiger charge is 2.36. The van der Waals surface area contributed by atoms with Crippen LogP contribution in [0.25, 0.3) is 6.08 Å². The van der Waals surface area contributed by atoms with Crippen LogP contribution in [0.1, 0.15) is 22.3 Å². The molecule has 0 aromatic heterocycles. The molecular weight excluding hydrogens is 388 g/mol. The lowest BCUT2D eigenvalue weighted by Crippen LogP contribution is -2.24. The van der Waals surface area contributed by atoms with Crippen LogP contribution in [0.5, 0.6) is 0 Å². The molecule has 0 aliphatic rings. The third kappa shape index (κ3) is 6.33. The summed E-state index contributed by atoms with van der Waals surface area (Å²) in [5.74, 6) is 0. The van der Waals surface area contributed by atoms with Crippen molar-refractivity contribution in [2.45, 2.75) is 19.0 Å². The Bertz CT molecular complexity index is 829. The zero-order valence-corrected chi connectivity index (χ0v) is 14.3. The van der Waals surface area contributed by atoms with Gasteiger partial charge < -0.3 is 10.1 Å². The summed E-state index contributed by atoms with van der Waals surface area (Å²) >= 11 is 0. The molecule has 0 bridgehead atoms. The monoisotopic (exact) mass is 403 g/mol. The molecule has 2 rings (SSSR count). The molecule has 3 nitrogen and oxygen atoms in total. The van der Waals surface area contributed by atoms with Gasteiger partial charge in [0, 0.05) is 6.54 Å². The van der Waals surface area contributed by atoms with Crippen LogP contribution >= 0.6 is 0 Å². The predicted molar refractivity (Wildman–Crippen MR) is 90.1 cm³/mol. The maximum atomic E-state index is 13.0. The van der Waals surface area contributed by atoms with Crippen molar-refractivity contribution in [2.24, 2.45) is 0 Å². The van der Waals surface area contributed by atoms with Crippen molar-refractivity contribution in [3.63, 3.8) is 0 Å². The Balaban J connectivity index is 1.99. The molecule has 1 amide bonds. The van der Waals surface area contributed by atoms with Gasteiger partial charge in [-0.3, -0.25) is 0 Å². The van der Waals surface area contributed by atoms with Gasteiger partial charge >= 0.3 is 18.4 Å². The molecule has 2 aromatic carbocycles. The molecular formula is C19H15F6NO2. The quantitative estimate of drug-likeness (QED) is 0.654. The van der Waals surface area contributed by atoms with Crippen LogP contribution in [0, 0.1) is 0 Å². The lowest BCUT2D eigenvalue weighted by atomic mass is 10.0. The van der Waals surface area contributed by atoms with Gasteiger partial charge in [-0.15, -0.1) is 0 Å². The molecule has 2 aromatic rings. The van der Waals surface area contributed by atoms with Crippen molar-refractivity contribution in [1.82, 2.24) is 5.32 Å². The third-order valence-corrected chi connectivity index (χ3v) is 3.56. The van der Waals surface area contributed by atoms with E-state index in [1.807, 2.05) is 0 Å². The number of rotatable bonds is 5. The highest BCUT2D eigenvalue weighted by molar-refractivity contribution is 5.67. The van der Waals surface area contributed by atoms with E-state index >= 15 is 0 Å². The van der Waals surface area contributed by atoms with Gasteiger partial charge in [-0.1, -0.05) is 42.5 Å². The minimum absolute atomic E-state index is 0.00222. The molecule has 0 saturated carbocycles. The van der Waals surface area contributed by atoms with Gasteiger partial charge in [0.2, 0.25) is 0 Å². The second-order valence-corrected chi connectivity index (χ2v) is 5.64. The number of hydrogen-bond donors (Lipinski definition) is 1. The Morgan fingerprint density at radius 2 is 1.64 bits per heavy atom. The summed E-state index contributed by atoms with van der Waals surface area (Å²) in [6, 6.07) is 9.94. The molecule has 0 fully saturated rings. The first-order chi connectivity index (χ1) is 13.1. The van der Waals surface area contributed by atoms with Gasteiger partial charge in [0.15, 0.2) is 0 Å². The molecule has 0 heterocycles. The fourth-order valence-electron chi connectivity index (χ4n) is 2.24. The van der Waals surface area contributed by atoms with Crippen molar-refractivity contribution in [2.75, 3.05) is 6.54 Å². The number of carbonyl (C=O) groups is 1. The maximum absolute atomic E-state index is 13.0. The zero-order valence-electron chi connectivity index (χ0n) is 14.3. The summed E-state index contributed by atoms with van der Waals surface area (Å²) in [5, 5.41) is 2.27. The number of carbonyl (C=O) groups excluding carboxylic acids is 1. The van der Waals surface area contributed by atoms with Crippen molar-refractivity contribution in [3.8, 4) is 0 Å². The van der Waals surface area contributed by atoms with Crippen LogP contribution in [0.2, 0.25) is 0 Å². The minimum atomic E-state index is -4.81. The first kappa shape index (κ1) is 21.3. The number of hydrogen-bond acceptors (Lipinski definition) is 2. The standard InChI is InChI=1S/C19H15F6NO2/c20-18(21,22)15-8-9-16(19(23,24)25)14(11-15)7-4-10-26-17(27)28-12-13-5-2-1-3-6-13/h1-9,11H,10,12H2,(H,26,27). The van der Waals surface area contributed by atoms with Crippen LogP contribution in [0.15, 0.2) is 54.6 Å². The van der Waals surface area contributed by atoms with Gasteiger partial charge in [-0.05, 0) is 29.3 Å². The smallest absolute Gasteiger partial charge is 0.416 e. The number of alkyl carbamates (subject to hydrolysis) is 1. The fraction of sp³-hybridized carbons (Fsp3) is 0.211. The Hall–Kier alpha value is -2.97. The van der Waals surface area contributed by atoms with Crippen molar-refractivity contribution in [1.29, 1.82) is 0 Å². The van der Waals surface area contributed by atoms with Crippen LogP contribution < -0.4 is 5.32 Å². The summed E-state index contributed by atoms with van der Waals surface area (Å²) < 4.78 is 82.0. The lowest BCUT2D eigenvalue weighted by Gasteiger charge is -2.13. The van der Waals surface area contributed by atoms with Crippen LogP contribution in [-0.4, -0.2) is 12.6 Å². The van der Waals surface area contributed by atoms with E-state index in [0.29, 0.717) is 18.2 Å². The third-order valence-electron chi connectivity index (χ3n) is 3.56. The van der Waals surface area contributed by atoms with Crippen LogP contribution in [0.3, 0.4) is 0 Å². The zero-order chi connectivity index (χ0) is 20.8.